The number of thiophene rings is 1. The highest BCUT2D eigenvalue weighted by atomic mass is 32.1. The van der Waals surface area contributed by atoms with E-state index in [1.54, 1.807) is 19.1 Å². The summed E-state index contributed by atoms with van der Waals surface area (Å²) >= 11 is 1.40. The fraction of sp³-hybridized carbons (Fsp3) is 0.263. The number of Topliss-reactive ketones (excluding diaryl/α,β-unsaturated/α-hetero) is 1. The van der Waals surface area contributed by atoms with Gasteiger partial charge in [-0.1, -0.05) is 35.9 Å². The van der Waals surface area contributed by atoms with E-state index in [0.29, 0.717) is 5.56 Å². The van der Waals surface area contributed by atoms with Crippen molar-refractivity contribution in [2.45, 2.75) is 26.0 Å². The molecule has 0 radical (unpaired) electrons. The molecule has 5 nitrogen and oxygen atoms in total. The molecular weight excluding hydrogens is 338 g/mol. The third kappa shape index (κ3) is 3.23. The molecule has 2 aromatic rings. The van der Waals surface area contributed by atoms with Crippen LogP contribution in [0.4, 0.5) is 0 Å². The molecule has 2 unspecified atom stereocenters. The van der Waals surface area contributed by atoms with E-state index in [1.807, 2.05) is 36.6 Å². The van der Waals surface area contributed by atoms with Gasteiger partial charge in [-0.2, -0.15) is 0 Å². The molecule has 1 saturated heterocycles. The van der Waals surface area contributed by atoms with Gasteiger partial charge in [0.1, 0.15) is 5.76 Å². The largest absolute Gasteiger partial charge is 0.507 e. The fourth-order valence-corrected chi connectivity index (χ4v) is 3.81. The summed E-state index contributed by atoms with van der Waals surface area (Å²) in [6, 6.07) is 10.1. The van der Waals surface area contributed by atoms with E-state index in [-0.39, 0.29) is 17.9 Å². The van der Waals surface area contributed by atoms with Crippen LogP contribution in [0.2, 0.25) is 0 Å². The number of aliphatic hydroxyl groups is 2. The van der Waals surface area contributed by atoms with Gasteiger partial charge >= 0.3 is 0 Å². The number of hydrogen-bond acceptors (Lipinski definition) is 5. The number of benzene rings is 1. The maximum atomic E-state index is 12.6. The lowest BCUT2D eigenvalue weighted by Crippen LogP contribution is -2.35. The summed E-state index contributed by atoms with van der Waals surface area (Å²) in [6.07, 6.45) is -0.778. The Bertz CT molecular complexity index is 822. The van der Waals surface area contributed by atoms with Gasteiger partial charge in [0.15, 0.2) is 0 Å². The van der Waals surface area contributed by atoms with E-state index in [4.69, 9.17) is 0 Å². The molecule has 25 heavy (non-hydrogen) atoms. The minimum atomic E-state index is -0.778. The van der Waals surface area contributed by atoms with E-state index >= 15 is 0 Å². The Hall–Kier alpha value is -2.44. The summed E-state index contributed by atoms with van der Waals surface area (Å²) in [5, 5.41) is 22.3. The molecule has 1 fully saturated rings. The van der Waals surface area contributed by atoms with E-state index in [2.05, 4.69) is 0 Å². The first kappa shape index (κ1) is 17.4. The Morgan fingerprint density at radius 2 is 1.92 bits per heavy atom. The van der Waals surface area contributed by atoms with E-state index in [0.717, 1.165) is 10.4 Å². The van der Waals surface area contributed by atoms with E-state index < -0.39 is 23.8 Å². The van der Waals surface area contributed by atoms with E-state index in [1.165, 1.54) is 16.2 Å². The quantitative estimate of drug-likeness (QED) is 0.501. The molecule has 0 spiro atoms. The lowest BCUT2D eigenvalue weighted by atomic mass is 9.99. The SMILES string of the molecule is Cc1ccc(/C(O)=C2\C(=O)C(=O)N(CC(C)O)C2c2cccs2)cc1. The van der Waals surface area contributed by atoms with Crippen LogP contribution in [0.15, 0.2) is 47.4 Å². The number of carbonyl (C=O) groups excluding carboxylic acids is 2. The molecule has 1 aromatic carbocycles. The van der Waals surface area contributed by atoms with Gasteiger partial charge in [0.2, 0.25) is 0 Å². The first-order valence-corrected chi connectivity index (χ1v) is 8.85. The molecule has 2 N–H and O–H groups in total. The number of aliphatic hydroxyl groups excluding tert-OH is 2. The first-order chi connectivity index (χ1) is 11.9. The van der Waals surface area contributed by atoms with Crippen LogP contribution in [-0.2, 0) is 9.59 Å². The van der Waals surface area contributed by atoms with Gasteiger partial charge in [0, 0.05) is 17.0 Å². The second-order valence-electron chi connectivity index (χ2n) is 6.18. The fourth-order valence-electron chi connectivity index (χ4n) is 2.96. The van der Waals surface area contributed by atoms with Crippen molar-refractivity contribution in [2.24, 2.45) is 0 Å². The van der Waals surface area contributed by atoms with Crippen molar-refractivity contribution in [3.8, 4) is 0 Å². The summed E-state index contributed by atoms with van der Waals surface area (Å²) in [5.41, 5.74) is 1.58. The van der Waals surface area contributed by atoms with Crippen molar-refractivity contribution in [2.75, 3.05) is 6.54 Å². The lowest BCUT2D eigenvalue weighted by Gasteiger charge is -2.25. The summed E-state index contributed by atoms with van der Waals surface area (Å²) in [6.45, 7) is 3.51. The van der Waals surface area contributed by atoms with Crippen LogP contribution in [0.25, 0.3) is 5.76 Å². The molecule has 130 valence electrons. The molecule has 6 heteroatoms. The number of aryl methyl sites for hydroxylation is 1. The number of nitrogens with zero attached hydrogens (tertiary/aromatic N) is 1. The van der Waals surface area contributed by atoms with Crippen molar-refractivity contribution in [1.82, 2.24) is 4.90 Å². The van der Waals surface area contributed by atoms with Crippen molar-refractivity contribution >= 4 is 28.8 Å². The predicted octanol–water partition coefficient (Wildman–Crippen LogP) is 2.86. The molecule has 1 aromatic heterocycles. The summed E-state index contributed by atoms with van der Waals surface area (Å²) in [7, 11) is 0. The number of rotatable bonds is 4. The van der Waals surface area contributed by atoms with Gasteiger partial charge in [-0.15, -0.1) is 11.3 Å². The number of hydrogen-bond donors (Lipinski definition) is 2. The molecule has 1 aliphatic heterocycles. The van der Waals surface area contributed by atoms with Crippen molar-refractivity contribution in [1.29, 1.82) is 0 Å². The van der Waals surface area contributed by atoms with Gasteiger partial charge in [0.25, 0.3) is 11.7 Å². The maximum Gasteiger partial charge on any atom is 0.295 e. The molecule has 0 bridgehead atoms. The summed E-state index contributed by atoms with van der Waals surface area (Å²) in [4.78, 5) is 27.2. The predicted molar refractivity (Wildman–Crippen MR) is 96.2 cm³/mol. The highest BCUT2D eigenvalue weighted by molar-refractivity contribution is 7.10. The number of amides is 1. The number of carbonyl (C=O) groups is 2. The van der Waals surface area contributed by atoms with Crippen LogP contribution >= 0.6 is 11.3 Å². The van der Waals surface area contributed by atoms with Crippen LogP contribution in [0.1, 0.15) is 29.0 Å². The standard InChI is InChI=1S/C19H19NO4S/c1-11-5-7-13(8-6-11)17(22)15-16(14-4-3-9-25-14)20(10-12(2)21)19(24)18(15)23/h3-9,12,16,21-22H,10H2,1-2H3/b17-15+. The Labute approximate surface area is 149 Å². The highest BCUT2D eigenvalue weighted by Crippen LogP contribution is 2.41. The average Bonchev–Trinajstić information content (AvgIpc) is 3.17. The first-order valence-electron chi connectivity index (χ1n) is 7.97. The van der Waals surface area contributed by atoms with Gasteiger partial charge in [-0.3, -0.25) is 9.59 Å². The van der Waals surface area contributed by atoms with Crippen molar-refractivity contribution in [3.05, 3.63) is 63.4 Å². The normalized spacial score (nSPS) is 20.9. The Morgan fingerprint density at radius 3 is 2.48 bits per heavy atom. The molecule has 2 atom stereocenters. The Kier molecular flexibility index (Phi) is 4.74. The van der Waals surface area contributed by atoms with Gasteiger partial charge < -0.3 is 15.1 Å². The molecular formula is C19H19NO4S. The van der Waals surface area contributed by atoms with Crippen molar-refractivity contribution in [3.63, 3.8) is 0 Å². The van der Waals surface area contributed by atoms with Crippen LogP contribution in [-0.4, -0.2) is 39.5 Å². The Morgan fingerprint density at radius 1 is 1.24 bits per heavy atom. The summed E-state index contributed by atoms with van der Waals surface area (Å²) < 4.78 is 0. The number of ketones is 1. The van der Waals surface area contributed by atoms with Gasteiger partial charge in [-0.25, -0.2) is 0 Å². The average molecular weight is 357 g/mol. The smallest absolute Gasteiger partial charge is 0.295 e. The highest BCUT2D eigenvalue weighted by Gasteiger charge is 2.46. The topological polar surface area (TPSA) is 77.8 Å². The molecule has 3 rings (SSSR count). The monoisotopic (exact) mass is 357 g/mol. The minimum Gasteiger partial charge on any atom is -0.507 e. The van der Waals surface area contributed by atoms with Gasteiger partial charge in [0.05, 0.1) is 17.7 Å². The second kappa shape index (κ2) is 6.82. The second-order valence-corrected chi connectivity index (χ2v) is 7.16. The van der Waals surface area contributed by atoms with E-state index in [9.17, 15) is 19.8 Å². The molecule has 0 aliphatic carbocycles. The van der Waals surface area contributed by atoms with Crippen molar-refractivity contribution < 1.29 is 19.8 Å². The van der Waals surface area contributed by atoms with Crippen LogP contribution in [0.5, 0.6) is 0 Å². The number of β-amino-alcohol motifs (C(OH)–C–C–N with tert-alkyl or cyclic N) is 1. The number of likely N-dealkylation sites (tertiary alicyclic amines) is 1. The molecule has 1 aliphatic rings. The Balaban J connectivity index is 2.15. The lowest BCUT2D eigenvalue weighted by molar-refractivity contribution is -0.140. The molecule has 2 heterocycles. The third-order valence-electron chi connectivity index (χ3n) is 4.14. The zero-order valence-corrected chi connectivity index (χ0v) is 14.8. The minimum absolute atomic E-state index is 0.0256. The van der Waals surface area contributed by atoms with Crippen LogP contribution in [0.3, 0.4) is 0 Å². The van der Waals surface area contributed by atoms with Gasteiger partial charge in [-0.05, 0) is 25.3 Å². The molecule has 1 amide bonds. The zero-order chi connectivity index (χ0) is 18.1. The van der Waals surface area contributed by atoms with Crippen LogP contribution < -0.4 is 0 Å². The van der Waals surface area contributed by atoms with Crippen LogP contribution in [0, 0.1) is 6.92 Å². The molecule has 0 saturated carbocycles. The maximum absolute atomic E-state index is 12.6. The summed E-state index contributed by atoms with van der Waals surface area (Å²) in [5.74, 6) is -1.62. The third-order valence-corrected chi connectivity index (χ3v) is 5.06. The zero-order valence-electron chi connectivity index (χ0n) is 14.0.